The first-order chi connectivity index (χ1) is 14.3. The fourth-order valence-corrected chi connectivity index (χ4v) is 2.95. The molecule has 0 spiro atoms. The lowest BCUT2D eigenvalue weighted by Crippen LogP contribution is -2.21. The Balaban J connectivity index is 2.05. The molecule has 2 rings (SSSR count). The Hall–Kier alpha value is -2.82. The Kier molecular flexibility index (Phi) is 7.53. The SMILES string of the molecule is CC(C)OC(=O)c1ccc(OC(=O)COc2ccc(C(C)(C)C)cc2C(C)(C)C)cc1. The van der Waals surface area contributed by atoms with Crippen LogP contribution in [0, 0.1) is 0 Å². The highest BCUT2D eigenvalue weighted by molar-refractivity contribution is 5.89. The molecule has 2 aromatic rings. The van der Waals surface area contributed by atoms with E-state index < -0.39 is 11.9 Å². The molecule has 0 aromatic heterocycles. The van der Waals surface area contributed by atoms with Crippen LogP contribution in [0.2, 0.25) is 0 Å². The van der Waals surface area contributed by atoms with Gasteiger partial charge in [-0.05, 0) is 66.1 Å². The van der Waals surface area contributed by atoms with Crippen molar-refractivity contribution < 1.29 is 23.8 Å². The summed E-state index contributed by atoms with van der Waals surface area (Å²) in [5, 5.41) is 0. The minimum absolute atomic E-state index is 0.0191. The molecule has 5 heteroatoms. The van der Waals surface area contributed by atoms with Crippen LogP contribution in [0.3, 0.4) is 0 Å². The summed E-state index contributed by atoms with van der Waals surface area (Å²) in [6.07, 6.45) is -0.197. The first kappa shape index (κ1) is 24.4. The Bertz CT molecular complexity index is 912. The van der Waals surface area contributed by atoms with Crippen LogP contribution in [0.4, 0.5) is 0 Å². The van der Waals surface area contributed by atoms with Gasteiger partial charge in [0.05, 0.1) is 11.7 Å². The molecule has 0 unspecified atom stereocenters. The topological polar surface area (TPSA) is 61.8 Å². The van der Waals surface area contributed by atoms with Crippen LogP contribution in [0.1, 0.15) is 76.9 Å². The molecule has 2 aromatic carbocycles. The van der Waals surface area contributed by atoms with Crippen LogP contribution in [-0.2, 0) is 20.4 Å². The van der Waals surface area contributed by atoms with Gasteiger partial charge in [0.1, 0.15) is 11.5 Å². The highest BCUT2D eigenvalue weighted by Gasteiger charge is 2.23. The smallest absolute Gasteiger partial charge is 0.349 e. The van der Waals surface area contributed by atoms with Gasteiger partial charge in [-0.25, -0.2) is 9.59 Å². The number of rotatable bonds is 6. The van der Waals surface area contributed by atoms with Gasteiger partial charge in [0.25, 0.3) is 0 Å². The van der Waals surface area contributed by atoms with Gasteiger partial charge in [-0.15, -0.1) is 0 Å². The average Bonchev–Trinajstić information content (AvgIpc) is 2.64. The van der Waals surface area contributed by atoms with Gasteiger partial charge in [0.15, 0.2) is 6.61 Å². The fraction of sp³-hybridized carbons (Fsp3) is 0.462. The average molecular weight is 427 g/mol. The molecule has 0 saturated carbocycles. The predicted octanol–water partition coefficient (Wildman–Crippen LogP) is 5.83. The Morgan fingerprint density at radius 1 is 0.871 bits per heavy atom. The lowest BCUT2D eigenvalue weighted by atomic mass is 9.80. The maximum atomic E-state index is 12.3. The number of benzene rings is 2. The molecule has 0 heterocycles. The zero-order valence-corrected chi connectivity index (χ0v) is 19.9. The molecule has 0 aliphatic heterocycles. The van der Waals surface area contributed by atoms with Gasteiger partial charge in [0, 0.05) is 0 Å². The third-order valence-electron chi connectivity index (χ3n) is 4.66. The second-order valence-corrected chi connectivity index (χ2v) is 9.95. The quantitative estimate of drug-likeness (QED) is 0.429. The molecule has 0 aliphatic carbocycles. The first-order valence-electron chi connectivity index (χ1n) is 10.6. The third-order valence-corrected chi connectivity index (χ3v) is 4.66. The molecule has 31 heavy (non-hydrogen) atoms. The zero-order chi connectivity index (χ0) is 23.4. The Morgan fingerprint density at radius 3 is 2.00 bits per heavy atom. The molecule has 0 aliphatic rings. The molecule has 168 valence electrons. The van der Waals surface area contributed by atoms with E-state index >= 15 is 0 Å². The van der Waals surface area contributed by atoms with E-state index in [2.05, 4.69) is 47.6 Å². The Labute approximate surface area is 185 Å². The largest absolute Gasteiger partial charge is 0.482 e. The van der Waals surface area contributed by atoms with Crippen LogP contribution in [-0.4, -0.2) is 24.6 Å². The molecule has 0 radical (unpaired) electrons. The third kappa shape index (κ3) is 7.12. The zero-order valence-electron chi connectivity index (χ0n) is 19.9. The molecule has 0 atom stereocenters. The molecule has 0 amide bonds. The van der Waals surface area contributed by atoms with Crippen LogP contribution in [0.5, 0.6) is 11.5 Å². The van der Waals surface area contributed by atoms with E-state index in [0.29, 0.717) is 17.1 Å². The van der Waals surface area contributed by atoms with Crippen molar-refractivity contribution in [3.63, 3.8) is 0 Å². The van der Waals surface area contributed by atoms with Crippen molar-refractivity contribution >= 4 is 11.9 Å². The summed E-state index contributed by atoms with van der Waals surface area (Å²) in [5.41, 5.74) is 2.54. The van der Waals surface area contributed by atoms with Gasteiger partial charge >= 0.3 is 11.9 Å². The lowest BCUT2D eigenvalue weighted by Gasteiger charge is -2.27. The molecule has 0 N–H and O–H groups in total. The Morgan fingerprint density at radius 2 is 1.48 bits per heavy atom. The summed E-state index contributed by atoms with van der Waals surface area (Å²) in [5.74, 6) is 0.0833. The van der Waals surface area contributed by atoms with Crippen molar-refractivity contribution in [1.82, 2.24) is 0 Å². The van der Waals surface area contributed by atoms with Gasteiger partial charge in [0.2, 0.25) is 0 Å². The number of esters is 2. The van der Waals surface area contributed by atoms with E-state index in [0.717, 1.165) is 5.56 Å². The van der Waals surface area contributed by atoms with Crippen molar-refractivity contribution in [2.45, 2.75) is 72.3 Å². The van der Waals surface area contributed by atoms with Gasteiger partial charge in [-0.1, -0.05) is 53.7 Å². The fourth-order valence-electron chi connectivity index (χ4n) is 2.95. The van der Waals surface area contributed by atoms with E-state index in [1.807, 2.05) is 12.1 Å². The summed E-state index contributed by atoms with van der Waals surface area (Å²) in [6.45, 7) is 16.2. The first-order valence-corrected chi connectivity index (χ1v) is 10.6. The van der Waals surface area contributed by atoms with Gasteiger partial charge in [-0.3, -0.25) is 0 Å². The predicted molar refractivity (Wildman–Crippen MR) is 122 cm³/mol. The van der Waals surface area contributed by atoms with Crippen molar-refractivity contribution in [2.24, 2.45) is 0 Å². The summed E-state index contributed by atoms with van der Waals surface area (Å²) in [4.78, 5) is 24.2. The highest BCUT2D eigenvalue weighted by atomic mass is 16.6. The van der Waals surface area contributed by atoms with E-state index in [4.69, 9.17) is 14.2 Å². The number of ether oxygens (including phenoxy) is 3. The van der Waals surface area contributed by atoms with Crippen LogP contribution < -0.4 is 9.47 Å². The highest BCUT2D eigenvalue weighted by Crippen LogP contribution is 2.35. The van der Waals surface area contributed by atoms with Crippen molar-refractivity contribution in [3.8, 4) is 11.5 Å². The number of carbonyl (C=O) groups excluding carboxylic acids is 2. The number of hydrogen-bond donors (Lipinski definition) is 0. The van der Waals surface area contributed by atoms with Crippen LogP contribution >= 0.6 is 0 Å². The monoisotopic (exact) mass is 426 g/mol. The molecule has 0 bridgehead atoms. The van der Waals surface area contributed by atoms with E-state index in [1.165, 1.54) is 5.56 Å². The van der Waals surface area contributed by atoms with E-state index in [1.54, 1.807) is 38.1 Å². The lowest BCUT2D eigenvalue weighted by molar-refractivity contribution is -0.136. The van der Waals surface area contributed by atoms with Crippen molar-refractivity contribution in [2.75, 3.05) is 6.61 Å². The summed E-state index contributed by atoms with van der Waals surface area (Å²) in [7, 11) is 0. The summed E-state index contributed by atoms with van der Waals surface area (Å²) in [6, 6.07) is 12.4. The molecular formula is C26H34O5. The standard InChI is InChI=1S/C26H34O5/c1-17(2)30-24(28)18-9-12-20(13-10-18)31-23(27)16-29-22-14-11-19(25(3,4)5)15-21(22)26(6,7)8/h9-15,17H,16H2,1-8H3. The molecule has 5 nitrogen and oxygen atoms in total. The van der Waals surface area contributed by atoms with Crippen LogP contribution in [0.25, 0.3) is 0 Å². The minimum Gasteiger partial charge on any atom is -0.482 e. The molecule has 0 saturated heterocycles. The molecule has 0 fully saturated rings. The van der Waals surface area contributed by atoms with Gasteiger partial charge in [-0.2, -0.15) is 0 Å². The maximum absolute atomic E-state index is 12.3. The van der Waals surface area contributed by atoms with Crippen molar-refractivity contribution in [3.05, 3.63) is 59.2 Å². The molecular weight excluding hydrogens is 392 g/mol. The minimum atomic E-state index is -0.516. The van der Waals surface area contributed by atoms with Crippen molar-refractivity contribution in [1.29, 1.82) is 0 Å². The normalized spacial score (nSPS) is 11.9. The number of carbonyl (C=O) groups is 2. The van der Waals surface area contributed by atoms with Gasteiger partial charge < -0.3 is 14.2 Å². The summed E-state index contributed by atoms with van der Waals surface area (Å²) < 4.78 is 16.3. The van der Waals surface area contributed by atoms with E-state index in [9.17, 15) is 9.59 Å². The second-order valence-electron chi connectivity index (χ2n) is 9.95. The number of hydrogen-bond acceptors (Lipinski definition) is 5. The maximum Gasteiger partial charge on any atom is 0.349 e. The van der Waals surface area contributed by atoms with E-state index in [-0.39, 0.29) is 23.5 Å². The summed E-state index contributed by atoms with van der Waals surface area (Å²) >= 11 is 0. The second kappa shape index (κ2) is 9.54. The van der Waals surface area contributed by atoms with Crippen LogP contribution in [0.15, 0.2) is 42.5 Å².